The molecule has 1 rings (SSSR count). The van der Waals surface area contributed by atoms with Gasteiger partial charge < -0.3 is 5.11 Å². The van der Waals surface area contributed by atoms with E-state index in [9.17, 15) is 14.0 Å². The number of hydrogen-bond acceptors (Lipinski definition) is 3. The van der Waals surface area contributed by atoms with Crippen molar-refractivity contribution in [1.82, 2.24) is 10.9 Å². The maximum Gasteiger partial charge on any atom is 0.272 e. The second-order valence-corrected chi connectivity index (χ2v) is 2.64. The summed E-state index contributed by atoms with van der Waals surface area (Å²) in [5.74, 6) is -2.25. The Morgan fingerprint density at radius 3 is 2.53 bits per heavy atom. The zero-order valence-corrected chi connectivity index (χ0v) is 7.66. The Morgan fingerprint density at radius 2 is 1.93 bits per heavy atom. The molecule has 0 spiro atoms. The Kier molecular flexibility index (Phi) is 3.75. The molecule has 6 heteroatoms. The van der Waals surface area contributed by atoms with Gasteiger partial charge in [0.25, 0.3) is 11.8 Å². The topological polar surface area (TPSA) is 78.4 Å². The SMILES string of the molecule is O=C(CO)NNC(=O)c1ccccc1F. The van der Waals surface area contributed by atoms with Crippen LogP contribution in [0.5, 0.6) is 0 Å². The highest BCUT2D eigenvalue weighted by Crippen LogP contribution is 2.04. The van der Waals surface area contributed by atoms with Gasteiger partial charge in [0.05, 0.1) is 5.56 Å². The summed E-state index contributed by atoms with van der Waals surface area (Å²) in [6.07, 6.45) is 0. The maximum atomic E-state index is 13.0. The molecule has 0 unspecified atom stereocenters. The number of hydrazine groups is 1. The first-order chi connectivity index (χ1) is 7.15. The third-order valence-electron chi connectivity index (χ3n) is 1.58. The Bertz CT molecular complexity index is 381. The summed E-state index contributed by atoms with van der Waals surface area (Å²) in [6, 6.07) is 5.34. The van der Waals surface area contributed by atoms with Crippen LogP contribution in [0, 0.1) is 5.82 Å². The van der Waals surface area contributed by atoms with Gasteiger partial charge in [0.15, 0.2) is 0 Å². The normalized spacial score (nSPS) is 9.47. The average molecular weight is 212 g/mol. The molecule has 0 bridgehead atoms. The van der Waals surface area contributed by atoms with Crippen LogP contribution >= 0.6 is 0 Å². The maximum absolute atomic E-state index is 13.0. The fraction of sp³-hybridized carbons (Fsp3) is 0.111. The summed E-state index contributed by atoms with van der Waals surface area (Å²) in [5.41, 5.74) is 3.67. The molecular formula is C9H9FN2O3. The van der Waals surface area contributed by atoms with Crippen molar-refractivity contribution in [3.63, 3.8) is 0 Å². The van der Waals surface area contributed by atoms with Gasteiger partial charge in [0.2, 0.25) is 0 Å². The van der Waals surface area contributed by atoms with E-state index in [-0.39, 0.29) is 5.56 Å². The molecule has 0 aliphatic carbocycles. The summed E-state index contributed by atoms with van der Waals surface area (Å²) in [7, 11) is 0. The minimum atomic E-state index is -0.782. The van der Waals surface area contributed by atoms with Crippen molar-refractivity contribution in [1.29, 1.82) is 0 Å². The quantitative estimate of drug-likeness (QED) is 0.582. The van der Waals surface area contributed by atoms with Gasteiger partial charge in [-0.2, -0.15) is 0 Å². The molecule has 1 aromatic rings. The second-order valence-electron chi connectivity index (χ2n) is 2.64. The van der Waals surface area contributed by atoms with Crippen LogP contribution in [0.3, 0.4) is 0 Å². The van der Waals surface area contributed by atoms with Crippen LogP contribution in [-0.4, -0.2) is 23.5 Å². The summed E-state index contributed by atoms with van der Waals surface area (Å²) in [5, 5.41) is 8.34. The van der Waals surface area contributed by atoms with E-state index in [4.69, 9.17) is 5.11 Å². The molecule has 1 aromatic carbocycles. The van der Waals surface area contributed by atoms with Gasteiger partial charge in [-0.15, -0.1) is 0 Å². The van der Waals surface area contributed by atoms with Crippen LogP contribution < -0.4 is 10.9 Å². The van der Waals surface area contributed by atoms with Crippen molar-refractivity contribution in [2.45, 2.75) is 0 Å². The van der Waals surface area contributed by atoms with Crippen LogP contribution in [0.15, 0.2) is 24.3 Å². The van der Waals surface area contributed by atoms with Gasteiger partial charge in [0, 0.05) is 0 Å². The summed E-state index contributed by atoms with van der Waals surface area (Å²) < 4.78 is 13.0. The largest absolute Gasteiger partial charge is 0.386 e. The predicted octanol–water partition coefficient (Wildman–Crippen LogP) is -0.421. The molecule has 0 heterocycles. The third-order valence-corrected chi connectivity index (χ3v) is 1.58. The van der Waals surface area contributed by atoms with Crippen LogP contribution in [0.1, 0.15) is 10.4 Å². The lowest BCUT2D eigenvalue weighted by atomic mass is 10.2. The lowest BCUT2D eigenvalue weighted by Gasteiger charge is -2.05. The Hall–Kier alpha value is -1.95. The monoisotopic (exact) mass is 212 g/mol. The lowest BCUT2D eigenvalue weighted by Crippen LogP contribution is -2.43. The highest BCUT2D eigenvalue weighted by molar-refractivity contribution is 5.95. The van der Waals surface area contributed by atoms with Crippen molar-refractivity contribution in [3.8, 4) is 0 Å². The molecule has 0 aliphatic rings. The van der Waals surface area contributed by atoms with Crippen molar-refractivity contribution < 1.29 is 19.1 Å². The number of aliphatic hydroxyl groups is 1. The minimum Gasteiger partial charge on any atom is -0.386 e. The molecule has 0 saturated carbocycles. The molecule has 80 valence electrons. The van der Waals surface area contributed by atoms with Crippen molar-refractivity contribution in [2.24, 2.45) is 0 Å². The van der Waals surface area contributed by atoms with Crippen LogP contribution in [0.4, 0.5) is 4.39 Å². The van der Waals surface area contributed by atoms with E-state index in [2.05, 4.69) is 0 Å². The number of hydrogen-bond donors (Lipinski definition) is 3. The van der Waals surface area contributed by atoms with E-state index < -0.39 is 24.2 Å². The van der Waals surface area contributed by atoms with Crippen molar-refractivity contribution in [2.75, 3.05) is 6.61 Å². The van der Waals surface area contributed by atoms with E-state index in [1.807, 2.05) is 10.9 Å². The van der Waals surface area contributed by atoms with E-state index in [0.717, 1.165) is 6.07 Å². The predicted molar refractivity (Wildman–Crippen MR) is 49.1 cm³/mol. The summed E-state index contributed by atoms with van der Waals surface area (Å²) in [4.78, 5) is 21.8. The summed E-state index contributed by atoms with van der Waals surface area (Å²) >= 11 is 0. The van der Waals surface area contributed by atoms with Gasteiger partial charge in [-0.05, 0) is 12.1 Å². The van der Waals surface area contributed by atoms with E-state index in [1.54, 1.807) is 0 Å². The first kappa shape index (κ1) is 11.1. The zero-order valence-electron chi connectivity index (χ0n) is 7.66. The number of carbonyl (C=O) groups is 2. The number of benzene rings is 1. The molecular weight excluding hydrogens is 203 g/mol. The minimum absolute atomic E-state index is 0.185. The summed E-state index contributed by atoms with van der Waals surface area (Å²) in [6.45, 7) is -0.752. The molecule has 5 nitrogen and oxygen atoms in total. The number of aliphatic hydroxyl groups excluding tert-OH is 1. The average Bonchev–Trinajstić information content (AvgIpc) is 2.26. The van der Waals surface area contributed by atoms with Crippen LogP contribution in [-0.2, 0) is 4.79 Å². The molecule has 0 radical (unpaired) electrons. The Morgan fingerprint density at radius 1 is 1.27 bits per heavy atom. The molecule has 0 aliphatic heterocycles. The highest BCUT2D eigenvalue weighted by atomic mass is 19.1. The van der Waals surface area contributed by atoms with E-state index in [1.165, 1.54) is 18.2 Å². The van der Waals surface area contributed by atoms with Gasteiger partial charge in [0.1, 0.15) is 12.4 Å². The lowest BCUT2D eigenvalue weighted by molar-refractivity contribution is -0.124. The highest BCUT2D eigenvalue weighted by Gasteiger charge is 2.10. The fourth-order valence-electron chi connectivity index (χ4n) is 0.879. The second kappa shape index (κ2) is 5.06. The molecule has 0 saturated heterocycles. The molecule has 0 fully saturated rings. The van der Waals surface area contributed by atoms with Crippen LogP contribution in [0.25, 0.3) is 0 Å². The van der Waals surface area contributed by atoms with Crippen molar-refractivity contribution in [3.05, 3.63) is 35.6 Å². The van der Waals surface area contributed by atoms with E-state index in [0.29, 0.717) is 0 Å². The third kappa shape index (κ3) is 3.03. The number of amides is 2. The first-order valence-corrected chi connectivity index (χ1v) is 4.09. The van der Waals surface area contributed by atoms with Crippen molar-refractivity contribution >= 4 is 11.8 Å². The Labute approximate surface area is 84.9 Å². The molecule has 15 heavy (non-hydrogen) atoms. The fourth-order valence-corrected chi connectivity index (χ4v) is 0.879. The van der Waals surface area contributed by atoms with Gasteiger partial charge in [-0.3, -0.25) is 20.4 Å². The van der Waals surface area contributed by atoms with Gasteiger partial charge in [-0.1, -0.05) is 12.1 Å². The van der Waals surface area contributed by atoms with E-state index >= 15 is 0 Å². The molecule has 2 amide bonds. The Balaban J connectivity index is 2.62. The van der Waals surface area contributed by atoms with Crippen LogP contribution in [0.2, 0.25) is 0 Å². The number of rotatable bonds is 2. The zero-order chi connectivity index (χ0) is 11.3. The number of halogens is 1. The standard InChI is InChI=1S/C9H9FN2O3/c10-7-4-2-1-3-6(7)9(15)12-11-8(14)5-13/h1-4,13H,5H2,(H,11,14)(H,12,15). The molecule has 3 N–H and O–H groups in total. The molecule has 0 aromatic heterocycles. The number of carbonyl (C=O) groups excluding carboxylic acids is 2. The van der Waals surface area contributed by atoms with Gasteiger partial charge >= 0.3 is 0 Å². The number of nitrogens with one attached hydrogen (secondary N) is 2. The first-order valence-electron chi connectivity index (χ1n) is 4.09. The van der Waals surface area contributed by atoms with Gasteiger partial charge in [-0.25, -0.2) is 4.39 Å². The smallest absolute Gasteiger partial charge is 0.272 e. The molecule has 0 atom stereocenters.